The molecule has 3 aromatic carbocycles. The molecule has 4 aromatic rings. The Labute approximate surface area is 218 Å². The summed E-state index contributed by atoms with van der Waals surface area (Å²) in [5, 5.41) is 7.36. The van der Waals surface area contributed by atoms with E-state index in [1.54, 1.807) is 30.3 Å². The Morgan fingerprint density at radius 2 is 1.79 bits per heavy atom. The molecule has 196 valence electrons. The highest BCUT2D eigenvalue weighted by atomic mass is 19.4. The fourth-order valence-corrected chi connectivity index (χ4v) is 4.27. The van der Waals surface area contributed by atoms with Crippen LogP contribution in [0, 0.1) is 11.8 Å². The monoisotopic (exact) mass is 520 g/mol. The van der Waals surface area contributed by atoms with Gasteiger partial charge in [-0.3, -0.25) is 4.79 Å². The summed E-state index contributed by atoms with van der Waals surface area (Å²) in [6.07, 6.45) is -3.68. The standard InChI is InChI=1S/C29H27F3N4O2/c1-18(2)17-38-28-34-26(20-9-6-10-21(15-20)29(30,31)32)36(35-28)23-13-11-22(12-14-23)33-27(37)25-16-24(25)19-7-4-3-5-8-19/h3-15,18,24-25H,16-17H2,1-2H3,(H,33,37)/t24-,25+/m0/s1. The summed E-state index contributed by atoms with van der Waals surface area (Å²) in [7, 11) is 0. The number of rotatable bonds is 8. The highest BCUT2D eigenvalue weighted by molar-refractivity contribution is 5.95. The van der Waals surface area contributed by atoms with Crippen LogP contribution in [-0.4, -0.2) is 27.3 Å². The SMILES string of the molecule is CC(C)COc1nc(-c2cccc(C(F)(F)F)c2)n(-c2ccc(NC(=O)[C@@H]3C[C@H]3c3ccccc3)cc2)n1. The van der Waals surface area contributed by atoms with Gasteiger partial charge in [-0.05, 0) is 60.2 Å². The van der Waals surface area contributed by atoms with Crippen molar-refractivity contribution in [1.82, 2.24) is 14.8 Å². The molecule has 38 heavy (non-hydrogen) atoms. The maximum atomic E-state index is 13.4. The molecule has 5 rings (SSSR count). The van der Waals surface area contributed by atoms with Crippen LogP contribution >= 0.6 is 0 Å². The molecule has 2 atom stereocenters. The van der Waals surface area contributed by atoms with E-state index in [0.29, 0.717) is 18.0 Å². The minimum Gasteiger partial charge on any atom is -0.462 e. The summed E-state index contributed by atoms with van der Waals surface area (Å²) in [6.45, 7) is 4.31. The number of anilines is 1. The molecule has 0 radical (unpaired) electrons. The average molecular weight is 521 g/mol. The molecule has 0 bridgehead atoms. The molecule has 1 aromatic heterocycles. The van der Waals surface area contributed by atoms with Gasteiger partial charge in [0, 0.05) is 17.2 Å². The first-order valence-corrected chi connectivity index (χ1v) is 12.4. The molecule has 0 aliphatic heterocycles. The van der Waals surface area contributed by atoms with Crippen LogP contribution in [0.4, 0.5) is 18.9 Å². The first-order chi connectivity index (χ1) is 18.2. The zero-order chi connectivity index (χ0) is 26.9. The van der Waals surface area contributed by atoms with Crippen LogP contribution in [0.25, 0.3) is 17.1 Å². The first kappa shape index (κ1) is 25.5. The van der Waals surface area contributed by atoms with Crippen molar-refractivity contribution >= 4 is 11.6 Å². The summed E-state index contributed by atoms with van der Waals surface area (Å²) >= 11 is 0. The Balaban J connectivity index is 1.37. The Morgan fingerprint density at radius 3 is 2.47 bits per heavy atom. The van der Waals surface area contributed by atoms with E-state index in [1.807, 2.05) is 44.2 Å². The predicted octanol–water partition coefficient (Wildman–Crippen LogP) is 6.73. The zero-order valence-corrected chi connectivity index (χ0v) is 20.9. The second-order valence-corrected chi connectivity index (χ2v) is 9.81. The molecule has 1 aliphatic rings. The third kappa shape index (κ3) is 5.72. The molecule has 1 amide bonds. The van der Waals surface area contributed by atoms with Crippen molar-refractivity contribution in [3.8, 4) is 23.1 Å². The number of benzene rings is 3. The fourth-order valence-electron chi connectivity index (χ4n) is 4.27. The van der Waals surface area contributed by atoms with Crippen molar-refractivity contribution < 1.29 is 22.7 Å². The van der Waals surface area contributed by atoms with Crippen molar-refractivity contribution in [3.05, 3.63) is 90.0 Å². The molecule has 1 N–H and O–H groups in total. The molecule has 0 saturated heterocycles. The van der Waals surface area contributed by atoms with Gasteiger partial charge in [0.05, 0.1) is 17.9 Å². The number of halogens is 3. The lowest BCUT2D eigenvalue weighted by Crippen LogP contribution is -2.14. The number of hydrogen-bond acceptors (Lipinski definition) is 4. The summed E-state index contributed by atoms with van der Waals surface area (Å²) in [5.74, 6) is 0.553. The van der Waals surface area contributed by atoms with E-state index in [-0.39, 0.29) is 41.1 Å². The van der Waals surface area contributed by atoms with Crippen molar-refractivity contribution in [1.29, 1.82) is 0 Å². The molecule has 0 spiro atoms. The van der Waals surface area contributed by atoms with Gasteiger partial charge in [0.25, 0.3) is 0 Å². The fraction of sp³-hybridized carbons (Fsp3) is 0.276. The topological polar surface area (TPSA) is 69.0 Å². The number of alkyl halides is 3. The van der Waals surface area contributed by atoms with Crippen LogP contribution in [0.15, 0.2) is 78.9 Å². The molecule has 1 fully saturated rings. The zero-order valence-electron chi connectivity index (χ0n) is 20.9. The number of hydrogen-bond donors (Lipinski definition) is 1. The molecular weight excluding hydrogens is 493 g/mol. The lowest BCUT2D eigenvalue weighted by molar-refractivity contribution is -0.137. The third-order valence-corrected chi connectivity index (χ3v) is 6.32. The molecule has 1 saturated carbocycles. The smallest absolute Gasteiger partial charge is 0.416 e. The third-order valence-electron chi connectivity index (χ3n) is 6.32. The van der Waals surface area contributed by atoms with Crippen LogP contribution in [-0.2, 0) is 11.0 Å². The minimum absolute atomic E-state index is 0.0404. The second-order valence-electron chi connectivity index (χ2n) is 9.81. The van der Waals surface area contributed by atoms with Crippen molar-refractivity contribution in [2.24, 2.45) is 11.8 Å². The van der Waals surface area contributed by atoms with Crippen LogP contribution in [0.5, 0.6) is 6.01 Å². The van der Waals surface area contributed by atoms with Crippen molar-refractivity contribution in [2.45, 2.75) is 32.4 Å². The van der Waals surface area contributed by atoms with E-state index >= 15 is 0 Å². The van der Waals surface area contributed by atoms with E-state index in [0.717, 1.165) is 24.1 Å². The Hall–Kier alpha value is -4.14. The van der Waals surface area contributed by atoms with Crippen molar-refractivity contribution in [2.75, 3.05) is 11.9 Å². The van der Waals surface area contributed by atoms with Gasteiger partial charge in [0.15, 0.2) is 5.82 Å². The van der Waals surface area contributed by atoms with Crippen LogP contribution in [0.2, 0.25) is 0 Å². The number of nitrogens with one attached hydrogen (secondary N) is 1. The Kier molecular flexibility index (Phi) is 6.93. The highest BCUT2D eigenvalue weighted by Crippen LogP contribution is 2.47. The number of carbonyl (C=O) groups is 1. The number of ether oxygens (including phenoxy) is 1. The average Bonchev–Trinajstić information content (AvgIpc) is 3.60. The Morgan fingerprint density at radius 1 is 1.05 bits per heavy atom. The van der Waals surface area contributed by atoms with Crippen molar-refractivity contribution in [3.63, 3.8) is 0 Å². The maximum absolute atomic E-state index is 13.4. The number of nitrogens with zero attached hydrogens (tertiary/aromatic N) is 3. The van der Waals surface area contributed by atoms with E-state index in [1.165, 1.54) is 10.7 Å². The predicted molar refractivity (Wildman–Crippen MR) is 138 cm³/mol. The largest absolute Gasteiger partial charge is 0.462 e. The molecule has 9 heteroatoms. The summed E-state index contributed by atoms with van der Waals surface area (Å²) in [5.41, 5.74) is 1.82. The highest BCUT2D eigenvalue weighted by Gasteiger charge is 2.43. The van der Waals surface area contributed by atoms with Gasteiger partial charge in [-0.25, -0.2) is 4.68 Å². The second kappa shape index (κ2) is 10.3. The van der Waals surface area contributed by atoms with Crippen LogP contribution < -0.4 is 10.1 Å². The Bertz CT molecular complexity index is 1420. The van der Waals surface area contributed by atoms with Gasteiger partial charge in [0.2, 0.25) is 5.91 Å². The van der Waals surface area contributed by atoms with Crippen LogP contribution in [0.1, 0.15) is 37.3 Å². The quantitative estimate of drug-likeness (QED) is 0.280. The number of aromatic nitrogens is 3. The summed E-state index contributed by atoms with van der Waals surface area (Å²) < 4.78 is 47.2. The minimum atomic E-state index is -4.49. The van der Waals surface area contributed by atoms with Gasteiger partial charge in [-0.15, -0.1) is 5.10 Å². The number of carbonyl (C=O) groups excluding carboxylic acids is 1. The molecule has 0 unspecified atom stereocenters. The molecule has 1 aliphatic carbocycles. The number of amides is 1. The van der Waals surface area contributed by atoms with Gasteiger partial charge < -0.3 is 10.1 Å². The maximum Gasteiger partial charge on any atom is 0.416 e. The van der Waals surface area contributed by atoms with Gasteiger partial charge in [-0.2, -0.15) is 18.2 Å². The molecular formula is C29H27F3N4O2. The van der Waals surface area contributed by atoms with Gasteiger partial charge in [-0.1, -0.05) is 56.3 Å². The summed E-state index contributed by atoms with van der Waals surface area (Å²) in [6, 6.07) is 21.9. The van der Waals surface area contributed by atoms with Gasteiger partial charge >= 0.3 is 12.2 Å². The lowest BCUT2D eigenvalue weighted by atomic mass is 10.1. The summed E-state index contributed by atoms with van der Waals surface area (Å²) in [4.78, 5) is 17.1. The normalized spacial score (nSPS) is 16.9. The lowest BCUT2D eigenvalue weighted by Gasteiger charge is -2.10. The van der Waals surface area contributed by atoms with E-state index in [2.05, 4.69) is 15.4 Å². The molecule has 6 nitrogen and oxygen atoms in total. The van der Waals surface area contributed by atoms with E-state index < -0.39 is 11.7 Å². The van der Waals surface area contributed by atoms with Gasteiger partial charge in [0.1, 0.15) is 0 Å². The first-order valence-electron chi connectivity index (χ1n) is 12.4. The van der Waals surface area contributed by atoms with E-state index in [9.17, 15) is 18.0 Å². The molecule has 1 heterocycles. The van der Waals surface area contributed by atoms with E-state index in [4.69, 9.17) is 4.74 Å². The van der Waals surface area contributed by atoms with Crippen LogP contribution in [0.3, 0.4) is 0 Å².